The van der Waals surface area contributed by atoms with Crippen molar-refractivity contribution in [3.8, 4) is 0 Å². The average molecular weight is 469 g/mol. The molecule has 1 heterocycles. The lowest BCUT2D eigenvalue weighted by atomic mass is 9.46. The third-order valence-electron chi connectivity index (χ3n) is 10.7. The van der Waals surface area contributed by atoms with Crippen LogP contribution in [-0.2, 0) is 20.3 Å². The van der Waals surface area contributed by atoms with E-state index in [1.54, 1.807) is 0 Å². The van der Waals surface area contributed by atoms with Crippen LogP contribution >= 0.6 is 7.94 Å². The Labute approximate surface area is 198 Å². The molecule has 5 aliphatic rings. The van der Waals surface area contributed by atoms with Crippen LogP contribution in [0.3, 0.4) is 0 Å². The Kier molecular flexibility index (Phi) is 5.07. The first kappa shape index (κ1) is 22.4. The molecule has 0 bridgehead atoms. The van der Waals surface area contributed by atoms with E-state index in [9.17, 15) is 9.69 Å². The summed E-state index contributed by atoms with van der Waals surface area (Å²) in [5.41, 5.74) is 2.23. The van der Waals surface area contributed by atoms with Gasteiger partial charge in [0, 0.05) is 23.8 Å². The first-order valence-electron chi connectivity index (χ1n) is 13.0. The highest BCUT2D eigenvalue weighted by Crippen LogP contribution is 2.71. The van der Waals surface area contributed by atoms with Crippen LogP contribution in [0, 0.1) is 28.6 Å². The molecule has 1 unspecified atom stereocenters. The summed E-state index contributed by atoms with van der Waals surface area (Å²) in [5.74, 6) is 2.20. The number of benzene rings is 1. The van der Waals surface area contributed by atoms with Crippen LogP contribution in [0.15, 0.2) is 35.9 Å². The SMILES string of the molecule is C[C@]12CCC(=O)C=C1CC[C@@H]1[C@@H]2CC[C@@]2(C)[C@H]1CC[C@]2(C)O[P+]1([O-])OCCc2ccccc21. The van der Waals surface area contributed by atoms with Crippen molar-refractivity contribution >= 4 is 19.0 Å². The van der Waals surface area contributed by atoms with E-state index in [1.807, 2.05) is 24.3 Å². The number of hydrogen-bond donors (Lipinski definition) is 0. The molecular weight excluding hydrogens is 431 g/mol. The van der Waals surface area contributed by atoms with Crippen molar-refractivity contribution in [1.29, 1.82) is 0 Å². The summed E-state index contributed by atoms with van der Waals surface area (Å²) in [7, 11) is -3.35. The second-order valence-corrected chi connectivity index (χ2v) is 13.9. The van der Waals surface area contributed by atoms with Crippen molar-refractivity contribution in [2.45, 2.75) is 84.2 Å². The summed E-state index contributed by atoms with van der Waals surface area (Å²) >= 11 is 0. The van der Waals surface area contributed by atoms with Crippen LogP contribution in [0.25, 0.3) is 0 Å². The highest BCUT2D eigenvalue weighted by molar-refractivity contribution is 7.67. The van der Waals surface area contributed by atoms with Gasteiger partial charge in [0.1, 0.15) is 5.60 Å². The average Bonchev–Trinajstić information content (AvgIpc) is 3.05. The number of allylic oxidation sites excluding steroid dienone is 1. The van der Waals surface area contributed by atoms with Gasteiger partial charge in [-0.15, -0.1) is 0 Å². The molecule has 4 aliphatic carbocycles. The fourth-order valence-corrected chi connectivity index (χ4v) is 10.9. The zero-order valence-corrected chi connectivity index (χ0v) is 21.2. The van der Waals surface area contributed by atoms with E-state index in [-0.39, 0.29) is 10.8 Å². The first-order valence-corrected chi connectivity index (χ1v) is 14.5. The van der Waals surface area contributed by atoms with Gasteiger partial charge < -0.3 is 4.89 Å². The van der Waals surface area contributed by atoms with Gasteiger partial charge in [-0.2, -0.15) is 4.52 Å². The minimum atomic E-state index is -3.35. The number of hydrogen-bond acceptors (Lipinski definition) is 4. The fourth-order valence-electron chi connectivity index (χ4n) is 8.61. The number of ketones is 1. The molecule has 33 heavy (non-hydrogen) atoms. The Morgan fingerprint density at radius 2 is 1.79 bits per heavy atom. The van der Waals surface area contributed by atoms with Gasteiger partial charge in [0.25, 0.3) is 7.94 Å². The topological polar surface area (TPSA) is 58.6 Å². The lowest BCUT2D eigenvalue weighted by Gasteiger charge is -2.59. The Bertz CT molecular complexity index is 1020. The summed E-state index contributed by atoms with van der Waals surface area (Å²) in [5, 5.41) is 0.769. The van der Waals surface area contributed by atoms with Crippen LogP contribution in [0.2, 0.25) is 0 Å². The lowest BCUT2D eigenvalue weighted by Crippen LogP contribution is -2.55. The minimum absolute atomic E-state index is 0.0105. The molecule has 0 N–H and O–H groups in total. The van der Waals surface area contributed by atoms with Gasteiger partial charge in [-0.25, -0.2) is 4.52 Å². The molecule has 1 aliphatic heterocycles. The molecule has 0 amide bonds. The maximum Gasteiger partial charge on any atom is 0.272 e. The van der Waals surface area contributed by atoms with Crippen LogP contribution in [0.5, 0.6) is 0 Å². The molecule has 3 saturated carbocycles. The van der Waals surface area contributed by atoms with Crippen molar-refractivity contribution in [1.82, 2.24) is 0 Å². The van der Waals surface area contributed by atoms with Crippen molar-refractivity contribution < 1.29 is 18.7 Å². The molecular formula is C28H37O4P. The Morgan fingerprint density at radius 3 is 2.64 bits per heavy atom. The summed E-state index contributed by atoms with van der Waals surface area (Å²) in [6, 6.07) is 7.95. The second-order valence-electron chi connectivity index (χ2n) is 12.0. The Hall–Kier alpha value is -1.06. The van der Waals surface area contributed by atoms with Crippen LogP contribution in [-0.4, -0.2) is 18.0 Å². The maximum atomic E-state index is 14.1. The summed E-state index contributed by atoms with van der Waals surface area (Å²) in [4.78, 5) is 26.2. The van der Waals surface area contributed by atoms with Gasteiger partial charge >= 0.3 is 0 Å². The standard InChI is InChI=1S/C28H37O4P/c1-26-14-10-21(29)18-20(26)8-9-22-23(26)11-15-27(2)24(22)12-16-28(27,3)32-33(30)25-7-5-4-6-19(25)13-17-31-33/h4-7,18,22-24H,8-17H2,1-3H3/t22-,23+,24+,26+,27+,28+,33?/m1/s1. The molecule has 178 valence electrons. The van der Waals surface area contributed by atoms with E-state index in [4.69, 9.17) is 9.05 Å². The molecule has 1 aromatic carbocycles. The lowest BCUT2D eigenvalue weighted by molar-refractivity contribution is -0.235. The Balaban J connectivity index is 1.30. The number of fused-ring (bicyclic) bond motifs is 6. The van der Waals surface area contributed by atoms with Crippen molar-refractivity contribution in [2.24, 2.45) is 28.6 Å². The summed E-state index contributed by atoms with van der Waals surface area (Å²) in [6.45, 7) is 7.51. The minimum Gasteiger partial charge on any atom is -0.627 e. The first-order chi connectivity index (χ1) is 15.7. The molecule has 3 fully saturated rings. The van der Waals surface area contributed by atoms with Gasteiger partial charge in [0.2, 0.25) is 0 Å². The highest BCUT2D eigenvalue weighted by Gasteiger charge is 2.66. The molecule has 1 aromatic rings. The van der Waals surface area contributed by atoms with Gasteiger partial charge in [0.05, 0.1) is 6.61 Å². The van der Waals surface area contributed by atoms with Gasteiger partial charge in [-0.1, -0.05) is 37.6 Å². The molecule has 7 atom stereocenters. The van der Waals surface area contributed by atoms with Gasteiger partial charge in [0.15, 0.2) is 11.1 Å². The van der Waals surface area contributed by atoms with E-state index >= 15 is 0 Å². The predicted octanol–water partition coefficient (Wildman–Crippen LogP) is 5.31. The molecule has 5 heteroatoms. The van der Waals surface area contributed by atoms with E-state index in [0.717, 1.165) is 49.4 Å². The van der Waals surface area contributed by atoms with Crippen LogP contribution in [0.4, 0.5) is 0 Å². The van der Waals surface area contributed by atoms with Gasteiger partial charge in [-0.05, 0) is 87.2 Å². The van der Waals surface area contributed by atoms with Crippen molar-refractivity contribution in [3.05, 3.63) is 41.5 Å². The Morgan fingerprint density at radius 1 is 1.00 bits per heavy atom. The van der Waals surface area contributed by atoms with Crippen LogP contribution in [0.1, 0.15) is 77.7 Å². The summed E-state index contributed by atoms with van der Waals surface area (Å²) < 4.78 is 12.7. The van der Waals surface area contributed by atoms with E-state index in [0.29, 0.717) is 36.6 Å². The highest BCUT2D eigenvalue weighted by atomic mass is 31.2. The molecule has 0 radical (unpaired) electrons. The fraction of sp³-hybridized carbons (Fsp3) is 0.679. The normalized spacial score (nSPS) is 46.6. The third-order valence-corrected chi connectivity index (χ3v) is 12.9. The second kappa shape index (κ2) is 7.47. The van der Waals surface area contributed by atoms with Crippen molar-refractivity contribution in [2.75, 3.05) is 6.61 Å². The van der Waals surface area contributed by atoms with Gasteiger partial charge in [-0.3, -0.25) is 4.79 Å². The smallest absolute Gasteiger partial charge is 0.272 e. The third kappa shape index (κ3) is 3.13. The van der Waals surface area contributed by atoms with E-state index in [1.165, 1.54) is 18.4 Å². The zero-order valence-electron chi connectivity index (χ0n) is 20.3. The predicted molar refractivity (Wildman–Crippen MR) is 129 cm³/mol. The van der Waals surface area contributed by atoms with Crippen LogP contribution < -0.4 is 10.2 Å². The molecule has 0 saturated heterocycles. The summed E-state index contributed by atoms with van der Waals surface area (Å²) in [6.07, 6.45) is 11.0. The quantitative estimate of drug-likeness (QED) is 0.552. The largest absolute Gasteiger partial charge is 0.627 e. The molecule has 0 aromatic heterocycles. The molecule has 0 spiro atoms. The van der Waals surface area contributed by atoms with Crippen molar-refractivity contribution in [3.63, 3.8) is 0 Å². The number of carbonyl (C=O) groups is 1. The van der Waals surface area contributed by atoms with E-state index < -0.39 is 13.5 Å². The molecule has 4 nitrogen and oxygen atoms in total. The van der Waals surface area contributed by atoms with E-state index in [2.05, 4.69) is 26.8 Å². The number of rotatable bonds is 2. The zero-order chi connectivity index (χ0) is 23.1. The molecule has 6 rings (SSSR count). The maximum absolute atomic E-state index is 14.1. The monoisotopic (exact) mass is 468 g/mol. The number of carbonyl (C=O) groups excluding carboxylic acids is 1.